The van der Waals surface area contributed by atoms with E-state index in [1.807, 2.05) is 44.4 Å². The normalized spacial score (nSPS) is 10.8. The second-order valence-electron chi connectivity index (χ2n) is 4.58. The monoisotopic (exact) mass is 293 g/mol. The van der Waals surface area contributed by atoms with Crippen LogP contribution >= 0.6 is 11.8 Å². The van der Waals surface area contributed by atoms with E-state index >= 15 is 0 Å². The van der Waals surface area contributed by atoms with Crippen LogP contribution in [0.5, 0.6) is 0 Å². The van der Waals surface area contributed by atoms with Gasteiger partial charge < -0.3 is 5.32 Å². The van der Waals surface area contributed by atoms with Gasteiger partial charge in [0, 0.05) is 11.4 Å². The molecule has 20 heavy (non-hydrogen) atoms. The van der Waals surface area contributed by atoms with Crippen molar-refractivity contribution in [1.29, 1.82) is 0 Å². The molecule has 6 heteroatoms. The predicted octanol–water partition coefficient (Wildman–Crippen LogP) is 1.63. The van der Waals surface area contributed by atoms with Crippen LogP contribution in [0.3, 0.4) is 0 Å². The summed E-state index contributed by atoms with van der Waals surface area (Å²) in [4.78, 5) is 23.9. The third kappa shape index (κ3) is 5.88. The van der Waals surface area contributed by atoms with Crippen molar-refractivity contribution in [3.8, 4) is 0 Å². The number of carbonyl (C=O) groups is 2. The van der Waals surface area contributed by atoms with Crippen LogP contribution < -0.4 is 10.7 Å². The topological polar surface area (TPSA) is 70.6 Å². The highest BCUT2D eigenvalue weighted by Gasteiger charge is 2.11. The van der Waals surface area contributed by atoms with Crippen LogP contribution in [-0.2, 0) is 9.59 Å². The zero-order valence-electron chi connectivity index (χ0n) is 11.8. The van der Waals surface area contributed by atoms with Crippen molar-refractivity contribution in [3.63, 3.8) is 0 Å². The van der Waals surface area contributed by atoms with Crippen molar-refractivity contribution in [3.05, 3.63) is 29.8 Å². The van der Waals surface area contributed by atoms with Crippen molar-refractivity contribution in [2.45, 2.75) is 18.7 Å². The Labute approximate surface area is 123 Å². The summed E-state index contributed by atoms with van der Waals surface area (Å²) in [5.41, 5.74) is 3.05. The van der Waals surface area contributed by atoms with E-state index in [4.69, 9.17) is 0 Å². The van der Waals surface area contributed by atoms with E-state index in [-0.39, 0.29) is 0 Å². The summed E-state index contributed by atoms with van der Waals surface area (Å²) in [6.07, 6.45) is 3.50. The number of nitrogens with one attached hydrogen (secondary N) is 2. The maximum Gasteiger partial charge on any atom is 0.329 e. The van der Waals surface area contributed by atoms with Crippen LogP contribution in [0.25, 0.3) is 0 Å². The van der Waals surface area contributed by atoms with Gasteiger partial charge in [0.1, 0.15) is 0 Å². The first-order valence-corrected chi connectivity index (χ1v) is 7.50. The van der Waals surface area contributed by atoms with Gasteiger partial charge in [-0.15, -0.1) is 11.8 Å². The lowest BCUT2D eigenvalue weighted by atomic mass is 10.2. The number of benzene rings is 1. The van der Waals surface area contributed by atoms with Crippen molar-refractivity contribution in [1.82, 2.24) is 10.7 Å². The molecule has 0 saturated carbocycles. The summed E-state index contributed by atoms with van der Waals surface area (Å²) >= 11 is 1.65. The Hall–Kier alpha value is -1.82. The highest BCUT2D eigenvalue weighted by molar-refractivity contribution is 7.98. The summed E-state index contributed by atoms with van der Waals surface area (Å²) in [6.45, 7) is 4.37. The lowest BCUT2D eigenvalue weighted by molar-refractivity contribution is -0.139. The van der Waals surface area contributed by atoms with Crippen LogP contribution in [0.15, 0.2) is 34.3 Å². The van der Waals surface area contributed by atoms with E-state index in [0.717, 1.165) is 10.5 Å². The third-order valence-corrected chi connectivity index (χ3v) is 3.12. The van der Waals surface area contributed by atoms with Crippen molar-refractivity contribution in [2.24, 2.45) is 11.0 Å². The first-order chi connectivity index (χ1) is 9.52. The Morgan fingerprint density at radius 2 is 1.90 bits per heavy atom. The highest BCUT2D eigenvalue weighted by atomic mass is 32.2. The minimum atomic E-state index is -0.761. The molecule has 0 aromatic heterocycles. The molecule has 0 spiro atoms. The van der Waals surface area contributed by atoms with E-state index in [0.29, 0.717) is 12.5 Å². The van der Waals surface area contributed by atoms with Gasteiger partial charge in [0.15, 0.2) is 0 Å². The molecule has 0 saturated heterocycles. The Balaban J connectivity index is 2.42. The first kappa shape index (κ1) is 16.2. The van der Waals surface area contributed by atoms with Crippen LogP contribution in [-0.4, -0.2) is 30.8 Å². The Morgan fingerprint density at radius 1 is 1.25 bits per heavy atom. The molecule has 0 heterocycles. The van der Waals surface area contributed by atoms with Gasteiger partial charge in [-0.1, -0.05) is 26.0 Å². The second kappa shape index (κ2) is 8.37. The largest absolute Gasteiger partial charge is 0.348 e. The molecule has 0 unspecified atom stereocenters. The standard InChI is InChI=1S/C14H19N3O2S/c1-10(2)8-15-13(18)14(19)17-16-9-11-4-6-12(20-3)7-5-11/h4-7,9-10H,8H2,1-3H3,(H,15,18)(H,17,19)/b16-9+. The number of hydrogen-bond donors (Lipinski definition) is 2. The quantitative estimate of drug-likeness (QED) is 0.375. The molecule has 0 aliphatic carbocycles. The number of thioether (sulfide) groups is 1. The molecule has 0 aliphatic heterocycles. The fourth-order valence-electron chi connectivity index (χ4n) is 1.28. The number of hydrogen-bond acceptors (Lipinski definition) is 4. The highest BCUT2D eigenvalue weighted by Crippen LogP contribution is 2.13. The predicted molar refractivity (Wildman–Crippen MR) is 81.8 cm³/mol. The van der Waals surface area contributed by atoms with Gasteiger partial charge in [-0.05, 0) is 29.9 Å². The molecule has 1 aromatic carbocycles. The number of hydrazone groups is 1. The minimum absolute atomic E-state index is 0.296. The Morgan fingerprint density at radius 3 is 2.45 bits per heavy atom. The maximum atomic E-state index is 11.4. The van der Waals surface area contributed by atoms with Crippen LogP contribution in [0, 0.1) is 5.92 Å². The molecule has 0 aliphatic rings. The van der Waals surface area contributed by atoms with E-state index in [9.17, 15) is 9.59 Å². The zero-order valence-corrected chi connectivity index (χ0v) is 12.7. The fraction of sp³-hybridized carbons (Fsp3) is 0.357. The average molecular weight is 293 g/mol. The number of amides is 2. The van der Waals surface area contributed by atoms with E-state index in [1.54, 1.807) is 11.8 Å². The number of rotatable bonds is 5. The molecule has 2 amide bonds. The first-order valence-electron chi connectivity index (χ1n) is 6.28. The Kier molecular flexibility index (Phi) is 6.79. The summed E-state index contributed by atoms with van der Waals surface area (Å²) in [5.74, 6) is -1.14. The second-order valence-corrected chi connectivity index (χ2v) is 5.46. The smallest absolute Gasteiger partial charge is 0.329 e. The van der Waals surface area contributed by atoms with Crippen LogP contribution in [0.1, 0.15) is 19.4 Å². The van der Waals surface area contributed by atoms with Crippen LogP contribution in [0.2, 0.25) is 0 Å². The van der Waals surface area contributed by atoms with Gasteiger partial charge in [-0.25, -0.2) is 5.43 Å². The average Bonchev–Trinajstić information content (AvgIpc) is 2.45. The molecular formula is C14H19N3O2S. The van der Waals surface area contributed by atoms with Crippen molar-refractivity contribution >= 4 is 29.8 Å². The van der Waals surface area contributed by atoms with Gasteiger partial charge >= 0.3 is 11.8 Å². The summed E-state index contributed by atoms with van der Waals surface area (Å²) < 4.78 is 0. The fourth-order valence-corrected chi connectivity index (χ4v) is 1.69. The maximum absolute atomic E-state index is 11.4. The van der Waals surface area contributed by atoms with Crippen LogP contribution in [0.4, 0.5) is 0 Å². The molecule has 0 bridgehead atoms. The molecular weight excluding hydrogens is 274 g/mol. The van der Waals surface area contributed by atoms with E-state index < -0.39 is 11.8 Å². The van der Waals surface area contributed by atoms with E-state index in [2.05, 4.69) is 15.8 Å². The molecule has 0 fully saturated rings. The summed E-state index contributed by atoms with van der Waals surface area (Å²) in [7, 11) is 0. The minimum Gasteiger partial charge on any atom is -0.348 e. The summed E-state index contributed by atoms with van der Waals surface area (Å²) in [5, 5.41) is 6.27. The molecule has 0 atom stereocenters. The molecule has 2 N–H and O–H groups in total. The Bertz CT molecular complexity index is 484. The van der Waals surface area contributed by atoms with Gasteiger partial charge in [0.05, 0.1) is 6.21 Å². The molecule has 1 aromatic rings. The van der Waals surface area contributed by atoms with Gasteiger partial charge in [-0.3, -0.25) is 9.59 Å². The van der Waals surface area contributed by atoms with Gasteiger partial charge in [-0.2, -0.15) is 5.10 Å². The third-order valence-electron chi connectivity index (χ3n) is 2.37. The zero-order chi connectivity index (χ0) is 15.0. The lowest BCUT2D eigenvalue weighted by Gasteiger charge is -2.05. The van der Waals surface area contributed by atoms with E-state index in [1.165, 1.54) is 6.21 Å². The molecule has 1 rings (SSSR count). The molecule has 0 radical (unpaired) electrons. The number of nitrogens with zero attached hydrogens (tertiary/aromatic N) is 1. The van der Waals surface area contributed by atoms with Crippen molar-refractivity contribution < 1.29 is 9.59 Å². The van der Waals surface area contributed by atoms with Crippen molar-refractivity contribution in [2.75, 3.05) is 12.8 Å². The molecule has 108 valence electrons. The molecule has 5 nitrogen and oxygen atoms in total. The van der Waals surface area contributed by atoms with Gasteiger partial charge in [0.2, 0.25) is 0 Å². The number of carbonyl (C=O) groups excluding carboxylic acids is 2. The SMILES string of the molecule is CSc1ccc(/C=N/NC(=O)C(=O)NCC(C)C)cc1. The van der Waals surface area contributed by atoms with Gasteiger partial charge in [0.25, 0.3) is 0 Å². The summed E-state index contributed by atoms with van der Waals surface area (Å²) in [6, 6.07) is 7.70. The lowest BCUT2D eigenvalue weighted by Crippen LogP contribution is -2.39.